The monoisotopic (exact) mass is 144 g/mol. The van der Waals surface area contributed by atoms with Gasteiger partial charge in [-0.25, -0.2) is 0 Å². The van der Waals surface area contributed by atoms with Crippen LogP contribution in [0.2, 0.25) is 0 Å². The fourth-order valence-electron chi connectivity index (χ4n) is 1.12. The quantitative estimate of drug-likeness (QED) is 0.604. The molecule has 0 atom stereocenters. The summed E-state index contributed by atoms with van der Waals surface area (Å²) in [6.07, 6.45) is 1.18. The largest absolute Gasteiger partial charge is 0.314 e. The maximum Gasteiger partial charge on any atom is 0.0629 e. The topological polar surface area (TPSA) is 29.3 Å². The Hall–Kier alpha value is -0.0800. The lowest BCUT2D eigenvalue weighted by atomic mass is 10.2. The van der Waals surface area contributed by atoms with E-state index in [0.717, 1.165) is 13.1 Å². The van der Waals surface area contributed by atoms with E-state index in [0.29, 0.717) is 0 Å². The molecule has 2 N–H and O–H groups in total. The summed E-state index contributed by atoms with van der Waals surface area (Å²) in [6, 6.07) is 0. The van der Waals surface area contributed by atoms with Gasteiger partial charge in [0, 0.05) is 0 Å². The average Bonchev–Trinajstić information content (AvgIpc) is 1.80. The number of nitrogens with two attached hydrogens (primary N) is 1. The Morgan fingerprint density at radius 1 is 1.30 bits per heavy atom. The standard InChI is InChI=1S/C8H20N2/c1-5-7-10(6-2)8(3,4)9/h5-7,9H2,1-4H3. The number of hydrogen-bond acceptors (Lipinski definition) is 2. The molecule has 0 amide bonds. The van der Waals surface area contributed by atoms with Crippen molar-refractivity contribution in [2.75, 3.05) is 13.1 Å². The summed E-state index contributed by atoms with van der Waals surface area (Å²) >= 11 is 0. The molecule has 0 saturated heterocycles. The second-order valence-corrected chi connectivity index (χ2v) is 3.23. The van der Waals surface area contributed by atoms with Gasteiger partial charge in [0.25, 0.3) is 0 Å². The molecule has 0 spiro atoms. The summed E-state index contributed by atoms with van der Waals surface area (Å²) in [5.74, 6) is 0. The second kappa shape index (κ2) is 3.94. The summed E-state index contributed by atoms with van der Waals surface area (Å²) in [7, 11) is 0. The molecule has 0 aromatic heterocycles. The van der Waals surface area contributed by atoms with Gasteiger partial charge in [0.05, 0.1) is 5.66 Å². The molecule has 0 saturated carbocycles. The molecule has 0 aliphatic rings. The van der Waals surface area contributed by atoms with Gasteiger partial charge in [0.15, 0.2) is 0 Å². The SMILES string of the molecule is CCCN(CC)C(C)(C)N. The molecule has 10 heavy (non-hydrogen) atoms. The minimum atomic E-state index is -0.148. The highest BCUT2D eigenvalue weighted by molar-refractivity contribution is 4.72. The van der Waals surface area contributed by atoms with Crippen molar-refractivity contribution in [3.63, 3.8) is 0 Å². The molecule has 0 aliphatic carbocycles. The summed E-state index contributed by atoms with van der Waals surface area (Å²) in [4.78, 5) is 2.27. The molecule has 62 valence electrons. The van der Waals surface area contributed by atoms with Crippen LogP contribution in [0.3, 0.4) is 0 Å². The Morgan fingerprint density at radius 2 is 1.80 bits per heavy atom. The van der Waals surface area contributed by atoms with Gasteiger partial charge in [0.2, 0.25) is 0 Å². The van der Waals surface area contributed by atoms with E-state index in [1.165, 1.54) is 6.42 Å². The molecule has 0 radical (unpaired) electrons. The van der Waals surface area contributed by atoms with Crippen molar-refractivity contribution in [2.24, 2.45) is 5.73 Å². The number of rotatable bonds is 4. The second-order valence-electron chi connectivity index (χ2n) is 3.23. The van der Waals surface area contributed by atoms with Crippen LogP contribution >= 0.6 is 0 Å². The lowest BCUT2D eigenvalue weighted by molar-refractivity contribution is 0.133. The Bertz CT molecular complexity index is 83.7. The van der Waals surface area contributed by atoms with Gasteiger partial charge < -0.3 is 5.73 Å². The first-order valence-corrected chi connectivity index (χ1v) is 4.06. The third-order valence-corrected chi connectivity index (χ3v) is 1.69. The smallest absolute Gasteiger partial charge is 0.0629 e. The minimum Gasteiger partial charge on any atom is -0.314 e. The molecule has 0 rings (SSSR count). The van der Waals surface area contributed by atoms with E-state index in [1.807, 2.05) is 13.8 Å². The fourth-order valence-corrected chi connectivity index (χ4v) is 1.12. The van der Waals surface area contributed by atoms with E-state index >= 15 is 0 Å². The van der Waals surface area contributed by atoms with Crippen LogP contribution in [0, 0.1) is 0 Å². The van der Waals surface area contributed by atoms with Crippen molar-refractivity contribution in [3.05, 3.63) is 0 Å². The zero-order chi connectivity index (χ0) is 8.20. The fraction of sp³-hybridized carbons (Fsp3) is 1.00. The molecule has 0 aromatic rings. The minimum absolute atomic E-state index is 0.148. The Kier molecular flexibility index (Phi) is 3.91. The van der Waals surface area contributed by atoms with Crippen LogP contribution in [-0.4, -0.2) is 23.7 Å². The van der Waals surface area contributed by atoms with Gasteiger partial charge in [-0.2, -0.15) is 0 Å². The van der Waals surface area contributed by atoms with Gasteiger partial charge >= 0.3 is 0 Å². The lowest BCUT2D eigenvalue weighted by Gasteiger charge is -2.33. The number of hydrogen-bond donors (Lipinski definition) is 1. The van der Waals surface area contributed by atoms with Gasteiger partial charge in [-0.3, -0.25) is 4.90 Å². The van der Waals surface area contributed by atoms with Crippen molar-refractivity contribution >= 4 is 0 Å². The van der Waals surface area contributed by atoms with Crippen LogP contribution in [-0.2, 0) is 0 Å². The van der Waals surface area contributed by atoms with E-state index in [2.05, 4.69) is 18.7 Å². The predicted octanol–water partition coefficient (Wildman–Crippen LogP) is 1.41. The van der Waals surface area contributed by atoms with Crippen LogP contribution in [0.1, 0.15) is 34.1 Å². The van der Waals surface area contributed by atoms with E-state index in [4.69, 9.17) is 5.73 Å². The van der Waals surface area contributed by atoms with Gasteiger partial charge in [-0.1, -0.05) is 13.8 Å². The maximum absolute atomic E-state index is 5.90. The van der Waals surface area contributed by atoms with Crippen LogP contribution in [0.15, 0.2) is 0 Å². The molecule has 0 fully saturated rings. The first kappa shape index (κ1) is 9.92. The molecule has 2 heteroatoms. The summed E-state index contributed by atoms with van der Waals surface area (Å²) in [5.41, 5.74) is 5.75. The van der Waals surface area contributed by atoms with Gasteiger partial charge in [-0.15, -0.1) is 0 Å². The first-order chi connectivity index (χ1) is 4.52. The summed E-state index contributed by atoms with van der Waals surface area (Å²) in [6.45, 7) is 10.5. The van der Waals surface area contributed by atoms with Gasteiger partial charge in [-0.05, 0) is 33.4 Å². The van der Waals surface area contributed by atoms with Crippen molar-refractivity contribution in [1.82, 2.24) is 4.90 Å². The number of nitrogens with zero attached hydrogens (tertiary/aromatic N) is 1. The third kappa shape index (κ3) is 3.18. The highest BCUT2D eigenvalue weighted by Gasteiger charge is 2.18. The van der Waals surface area contributed by atoms with Crippen molar-refractivity contribution < 1.29 is 0 Å². The van der Waals surface area contributed by atoms with E-state index in [-0.39, 0.29) is 5.66 Å². The van der Waals surface area contributed by atoms with E-state index in [1.54, 1.807) is 0 Å². The van der Waals surface area contributed by atoms with Gasteiger partial charge in [0.1, 0.15) is 0 Å². The molecular formula is C8H20N2. The zero-order valence-electron chi connectivity index (χ0n) is 7.65. The van der Waals surface area contributed by atoms with Crippen LogP contribution in [0.4, 0.5) is 0 Å². The van der Waals surface area contributed by atoms with Crippen molar-refractivity contribution in [2.45, 2.75) is 39.8 Å². The van der Waals surface area contributed by atoms with Crippen LogP contribution in [0.25, 0.3) is 0 Å². The highest BCUT2D eigenvalue weighted by atomic mass is 15.2. The van der Waals surface area contributed by atoms with Crippen molar-refractivity contribution in [1.29, 1.82) is 0 Å². The van der Waals surface area contributed by atoms with E-state index in [9.17, 15) is 0 Å². The Balaban J connectivity index is 3.81. The highest BCUT2D eigenvalue weighted by Crippen LogP contribution is 2.06. The first-order valence-electron chi connectivity index (χ1n) is 4.06. The molecule has 0 bridgehead atoms. The molecule has 2 nitrogen and oxygen atoms in total. The molecule has 0 heterocycles. The average molecular weight is 144 g/mol. The van der Waals surface area contributed by atoms with Crippen LogP contribution < -0.4 is 5.73 Å². The normalized spacial score (nSPS) is 12.6. The van der Waals surface area contributed by atoms with Crippen LogP contribution in [0.5, 0.6) is 0 Å². The van der Waals surface area contributed by atoms with Crippen molar-refractivity contribution in [3.8, 4) is 0 Å². The zero-order valence-corrected chi connectivity index (χ0v) is 7.65. The molecule has 0 aromatic carbocycles. The summed E-state index contributed by atoms with van der Waals surface area (Å²) < 4.78 is 0. The third-order valence-electron chi connectivity index (χ3n) is 1.69. The lowest BCUT2D eigenvalue weighted by Crippen LogP contribution is -2.51. The van der Waals surface area contributed by atoms with E-state index < -0.39 is 0 Å². The predicted molar refractivity (Wildman–Crippen MR) is 45.8 cm³/mol. The summed E-state index contributed by atoms with van der Waals surface area (Å²) in [5, 5.41) is 0. The Morgan fingerprint density at radius 3 is 1.90 bits per heavy atom. The molecule has 0 aliphatic heterocycles. The molecule has 0 unspecified atom stereocenters. The maximum atomic E-state index is 5.90. The molecular weight excluding hydrogens is 124 g/mol. The Labute approximate surface area is 64.4 Å².